The standard InChI is InChI=1S/C20H19NO4/c1-12-6-4-5-7-15(12)17-11-19(22)25-18-10-14(8-9-16(17)18)21(3)13(2)20(23)24/h4-11,13H,1-3H3,(H,23,24)/t13-/m1/s1. The van der Waals surface area contributed by atoms with Crippen LogP contribution in [0.3, 0.4) is 0 Å². The van der Waals surface area contributed by atoms with Gasteiger partial charge in [0.1, 0.15) is 11.6 Å². The molecule has 0 radical (unpaired) electrons. The van der Waals surface area contributed by atoms with Crippen molar-refractivity contribution < 1.29 is 14.3 Å². The second-order valence-electron chi connectivity index (χ2n) is 6.10. The Kier molecular flexibility index (Phi) is 4.31. The molecular weight excluding hydrogens is 318 g/mol. The summed E-state index contributed by atoms with van der Waals surface area (Å²) in [5.74, 6) is -0.919. The molecule has 0 saturated heterocycles. The molecule has 0 aliphatic rings. The SMILES string of the molecule is Cc1ccccc1-c1cc(=O)oc2cc(N(C)[C@H](C)C(=O)O)ccc12. The summed E-state index contributed by atoms with van der Waals surface area (Å²) in [7, 11) is 1.70. The Morgan fingerprint density at radius 2 is 1.84 bits per heavy atom. The predicted octanol–water partition coefficient (Wildman–Crippen LogP) is 3.68. The zero-order chi connectivity index (χ0) is 18.1. The highest BCUT2D eigenvalue weighted by molar-refractivity contribution is 5.95. The number of nitrogens with zero attached hydrogens (tertiary/aromatic N) is 1. The molecule has 0 amide bonds. The molecule has 0 spiro atoms. The van der Waals surface area contributed by atoms with Gasteiger partial charge < -0.3 is 14.4 Å². The zero-order valence-corrected chi connectivity index (χ0v) is 14.3. The number of carbonyl (C=O) groups is 1. The minimum atomic E-state index is -0.919. The van der Waals surface area contributed by atoms with Crippen molar-refractivity contribution >= 4 is 22.6 Å². The smallest absolute Gasteiger partial charge is 0.336 e. The second kappa shape index (κ2) is 6.43. The van der Waals surface area contributed by atoms with E-state index >= 15 is 0 Å². The number of carboxylic acids is 1. The van der Waals surface area contributed by atoms with Gasteiger partial charge in [-0.25, -0.2) is 9.59 Å². The first kappa shape index (κ1) is 16.8. The van der Waals surface area contributed by atoms with Crippen LogP contribution in [0.2, 0.25) is 0 Å². The van der Waals surface area contributed by atoms with Crippen molar-refractivity contribution in [1.29, 1.82) is 0 Å². The highest BCUT2D eigenvalue weighted by Gasteiger charge is 2.18. The normalized spacial score (nSPS) is 12.1. The molecule has 1 heterocycles. The maximum absolute atomic E-state index is 12.0. The van der Waals surface area contributed by atoms with Gasteiger partial charge in [0, 0.05) is 35.8 Å². The van der Waals surface area contributed by atoms with Gasteiger partial charge in [-0.3, -0.25) is 0 Å². The van der Waals surface area contributed by atoms with Crippen LogP contribution in [0.4, 0.5) is 5.69 Å². The Balaban J connectivity index is 2.18. The van der Waals surface area contributed by atoms with Crippen molar-refractivity contribution in [3.05, 3.63) is 64.5 Å². The van der Waals surface area contributed by atoms with Gasteiger partial charge in [0.15, 0.2) is 0 Å². The Bertz CT molecular complexity index is 1010. The Morgan fingerprint density at radius 1 is 1.12 bits per heavy atom. The molecular formula is C20H19NO4. The third kappa shape index (κ3) is 3.13. The first-order valence-electron chi connectivity index (χ1n) is 7.98. The molecule has 3 aromatic rings. The quantitative estimate of drug-likeness (QED) is 0.736. The molecule has 5 heteroatoms. The van der Waals surface area contributed by atoms with Crippen molar-refractivity contribution in [1.82, 2.24) is 0 Å². The number of benzene rings is 2. The van der Waals surface area contributed by atoms with Crippen LogP contribution < -0.4 is 10.5 Å². The third-order valence-corrected chi connectivity index (χ3v) is 4.51. The molecule has 0 aliphatic carbocycles. The Labute approximate surface area is 145 Å². The number of anilines is 1. The average Bonchev–Trinajstić information content (AvgIpc) is 2.59. The van der Waals surface area contributed by atoms with Crippen LogP contribution >= 0.6 is 0 Å². The van der Waals surface area contributed by atoms with Gasteiger partial charge in [0.2, 0.25) is 0 Å². The van der Waals surface area contributed by atoms with Gasteiger partial charge in [-0.1, -0.05) is 24.3 Å². The van der Waals surface area contributed by atoms with Gasteiger partial charge in [-0.05, 0) is 37.1 Å². The topological polar surface area (TPSA) is 70.8 Å². The van der Waals surface area contributed by atoms with Crippen LogP contribution in [0.5, 0.6) is 0 Å². The van der Waals surface area contributed by atoms with Gasteiger partial charge in [-0.2, -0.15) is 0 Å². The number of rotatable bonds is 4. The largest absolute Gasteiger partial charge is 0.480 e. The van der Waals surface area contributed by atoms with E-state index < -0.39 is 17.6 Å². The number of aliphatic carboxylic acids is 1. The lowest BCUT2D eigenvalue weighted by Crippen LogP contribution is -2.35. The minimum absolute atomic E-state index is 0.433. The minimum Gasteiger partial charge on any atom is -0.480 e. The van der Waals surface area contributed by atoms with E-state index in [0.29, 0.717) is 11.3 Å². The van der Waals surface area contributed by atoms with E-state index in [0.717, 1.165) is 22.1 Å². The lowest BCUT2D eigenvalue weighted by molar-refractivity contribution is -0.138. The van der Waals surface area contributed by atoms with Crippen LogP contribution in [0, 0.1) is 6.92 Å². The van der Waals surface area contributed by atoms with E-state index in [9.17, 15) is 14.7 Å². The summed E-state index contributed by atoms with van der Waals surface area (Å²) in [4.78, 5) is 24.9. The molecule has 1 atom stereocenters. The van der Waals surface area contributed by atoms with Crippen LogP contribution in [0.25, 0.3) is 22.1 Å². The number of likely N-dealkylation sites (N-methyl/N-ethyl adjacent to an activating group) is 1. The number of hydrogen-bond donors (Lipinski definition) is 1. The van der Waals surface area contributed by atoms with Gasteiger partial charge >= 0.3 is 11.6 Å². The molecule has 128 valence electrons. The molecule has 1 aromatic heterocycles. The average molecular weight is 337 g/mol. The molecule has 25 heavy (non-hydrogen) atoms. The van der Waals surface area contributed by atoms with E-state index in [2.05, 4.69) is 0 Å². The van der Waals surface area contributed by atoms with Crippen LogP contribution in [0.1, 0.15) is 12.5 Å². The van der Waals surface area contributed by atoms with Crippen molar-refractivity contribution in [3.8, 4) is 11.1 Å². The summed E-state index contributed by atoms with van der Waals surface area (Å²) in [6, 6.07) is 14.0. The lowest BCUT2D eigenvalue weighted by atomic mass is 9.98. The summed E-state index contributed by atoms with van der Waals surface area (Å²) >= 11 is 0. The second-order valence-corrected chi connectivity index (χ2v) is 6.10. The molecule has 0 fully saturated rings. The van der Waals surface area contributed by atoms with Crippen LogP contribution in [-0.4, -0.2) is 24.2 Å². The molecule has 0 unspecified atom stereocenters. The van der Waals surface area contributed by atoms with Gasteiger partial charge in [-0.15, -0.1) is 0 Å². The Morgan fingerprint density at radius 3 is 2.52 bits per heavy atom. The summed E-state index contributed by atoms with van der Waals surface area (Å²) in [6.45, 7) is 3.60. The monoisotopic (exact) mass is 337 g/mol. The molecule has 3 rings (SSSR count). The first-order chi connectivity index (χ1) is 11.9. The Hall–Kier alpha value is -3.08. The van der Waals surface area contributed by atoms with E-state index in [1.807, 2.05) is 43.3 Å². The van der Waals surface area contributed by atoms with E-state index in [1.165, 1.54) is 6.07 Å². The molecule has 0 aliphatic heterocycles. The van der Waals surface area contributed by atoms with Crippen molar-refractivity contribution in [2.75, 3.05) is 11.9 Å². The summed E-state index contributed by atoms with van der Waals surface area (Å²) in [5.41, 5.74) is 3.53. The fourth-order valence-electron chi connectivity index (χ4n) is 2.86. The lowest BCUT2D eigenvalue weighted by Gasteiger charge is -2.23. The van der Waals surface area contributed by atoms with Gasteiger partial charge in [0.05, 0.1) is 0 Å². The highest BCUT2D eigenvalue weighted by atomic mass is 16.4. The molecule has 5 nitrogen and oxygen atoms in total. The van der Waals surface area contributed by atoms with Crippen LogP contribution in [0.15, 0.2) is 57.7 Å². The number of aryl methyl sites for hydroxylation is 1. The molecule has 2 aromatic carbocycles. The number of hydrogen-bond acceptors (Lipinski definition) is 4. The first-order valence-corrected chi connectivity index (χ1v) is 7.98. The summed E-state index contributed by atoms with van der Waals surface area (Å²) in [5, 5.41) is 9.99. The maximum atomic E-state index is 12.0. The van der Waals surface area contributed by atoms with Crippen LogP contribution in [-0.2, 0) is 4.79 Å². The molecule has 1 N–H and O–H groups in total. The number of fused-ring (bicyclic) bond motifs is 1. The third-order valence-electron chi connectivity index (χ3n) is 4.51. The van der Waals surface area contributed by atoms with E-state index in [-0.39, 0.29) is 0 Å². The van der Waals surface area contributed by atoms with E-state index in [1.54, 1.807) is 24.9 Å². The van der Waals surface area contributed by atoms with Crippen molar-refractivity contribution in [3.63, 3.8) is 0 Å². The van der Waals surface area contributed by atoms with Crippen molar-refractivity contribution in [2.24, 2.45) is 0 Å². The number of carboxylic acid groups (broad SMARTS) is 1. The van der Waals surface area contributed by atoms with Gasteiger partial charge in [0.25, 0.3) is 0 Å². The fraction of sp³-hybridized carbons (Fsp3) is 0.200. The summed E-state index contributed by atoms with van der Waals surface area (Å²) in [6.07, 6.45) is 0. The van der Waals surface area contributed by atoms with E-state index in [4.69, 9.17) is 4.42 Å². The molecule has 0 bridgehead atoms. The zero-order valence-electron chi connectivity index (χ0n) is 14.3. The maximum Gasteiger partial charge on any atom is 0.336 e. The predicted molar refractivity (Wildman–Crippen MR) is 98.2 cm³/mol. The highest BCUT2D eigenvalue weighted by Crippen LogP contribution is 2.31. The summed E-state index contributed by atoms with van der Waals surface area (Å²) < 4.78 is 5.37. The molecule has 0 saturated carbocycles. The van der Waals surface area contributed by atoms with Crippen molar-refractivity contribution in [2.45, 2.75) is 19.9 Å². The fourth-order valence-corrected chi connectivity index (χ4v) is 2.86.